The predicted octanol–water partition coefficient (Wildman–Crippen LogP) is 5.36. The molecule has 0 bridgehead atoms. The standard InChI is InChI=1S/C14H10BrClF2/c1-8-6-10(13(18)7-12(8)17)14(16)9-4-2-3-5-11(9)15/h2-7,14H,1H3. The van der Waals surface area contributed by atoms with Crippen molar-refractivity contribution in [3.8, 4) is 0 Å². The van der Waals surface area contributed by atoms with E-state index in [0.29, 0.717) is 5.56 Å². The van der Waals surface area contributed by atoms with Gasteiger partial charge >= 0.3 is 0 Å². The average molecular weight is 332 g/mol. The van der Waals surface area contributed by atoms with Gasteiger partial charge in [-0.25, -0.2) is 8.78 Å². The van der Waals surface area contributed by atoms with Crippen LogP contribution in [0.15, 0.2) is 40.9 Å². The molecule has 0 heterocycles. The lowest BCUT2D eigenvalue weighted by Gasteiger charge is -2.14. The maximum absolute atomic E-state index is 13.8. The smallest absolute Gasteiger partial charge is 0.131 e. The monoisotopic (exact) mass is 330 g/mol. The van der Waals surface area contributed by atoms with Crippen molar-refractivity contribution in [2.75, 3.05) is 0 Å². The largest absolute Gasteiger partial charge is 0.207 e. The van der Waals surface area contributed by atoms with Gasteiger partial charge in [-0.3, -0.25) is 0 Å². The van der Waals surface area contributed by atoms with Gasteiger partial charge < -0.3 is 0 Å². The highest BCUT2D eigenvalue weighted by atomic mass is 79.9. The molecule has 0 saturated carbocycles. The van der Waals surface area contributed by atoms with Crippen molar-refractivity contribution in [2.45, 2.75) is 12.3 Å². The number of halogens is 4. The Labute approximate surface area is 118 Å². The molecule has 0 saturated heterocycles. The molecule has 0 aliphatic carbocycles. The number of hydrogen-bond donors (Lipinski definition) is 0. The molecule has 4 heteroatoms. The van der Waals surface area contributed by atoms with Crippen molar-refractivity contribution in [2.24, 2.45) is 0 Å². The summed E-state index contributed by atoms with van der Waals surface area (Å²) in [6.45, 7) is 1.59. The Bertz CT molecular complexity index is 584. The summed E-state index contributed by atoms with van der Waals surface area (Å²) >= 11 is 9.64. The van der Waals surface area contributed by atoms with Gasteiger partial charge in [0.1, 0.15) is 11.6 Å². The molecule has 0 radical (unpaired) electrons. The molecule has 2 aromatic rings. The van der Waals surface area contributed by atoms with E-state index in [2.05, 4.69) is 15.9 Å². The normalized spacial score (nSPS) is 12.5. The highest BCUT2D eigenvalue weighted by Crippen LogP contribution is 2.35. The van der Waals surface area contributed by atoms with Crippen LogP contribution in [0.25, 0.3) is 0 Å². The van der Waals surface area contributed by atoms with Gasteiger partial charge in [0.05, 0.1) is 5.38 Å². The number of aryl methyl sites for hydroxylation is 1. The zero-order chi connectivity index (χ0) is 13.3. The van der Waals surface area contributed by atoms with E-state index in [4.69, 9.17) is 11.6 Å². The Balaban J connectivity index is 2.50. The van der Waals surface area contributed by atoms with Crippen LogP contribution in [0.5, 0.6) is 0 Å². The molecule has 0 amide bonds. The molecule has 0 aliphatic heterocycles. The molecule has 18 heavy (non-hydrogen) atoms. The Kier molecular flexibility index (Phi) is 4.03. The molecule has 1 atom stereocenters. The quantitative estimate of drug-likeness (QED) is 0.650. The van der Waals surface area contributed by atoms with Gasteiger partial charge in [-0.05, 0) is 30.2 Å². The van der Waals surface area contributed by atoms with Crippen LogP contribution in [-0.2, 0) is 0 Å². The van der Waals surface area contributed by atoms with Crippen LogP contribution in [-0.4, -0.2) is 0 Å². The van der Waals surface area contributed by atoms with Gasteiger partial charge in [0.2, 0.25) is 0 Å². The molecule has 0 fully saturated rings. The molecule has 0 nitrogen and oxygen atoms in total. The second kappa shape index (κ2) is 5.37. The van der Waals surface area contributed by atoms with Crippen molar-refractivity contribution in [1.29, 1.82) is 0 Å². The maximum Gasteiger partial charge on any atom is 0.131 e. The summed E-state index contributed by atoms with van der Waals surface area (Å²) in [7, 11) is 0. The van der Waals surface area contributed by atoms with Crippen LogP contribution in [0.2, 0.25) is 0 Å². The van der Waals surface area contributed by atoms with Crippen LogP contribution >= 0.6 is 27.5 Å². The van der Waals surface area contributed by atoms with E-state index in [-0.39, 0.29) is 5.56 Å². The molecule has 0 aromatic heterocycles. The molecule has 2 rings (SSSR count). The van der Waals surface area contributed by atoms with Crippen LogP contribution in [0.3, 0.4) is 0 Å². The summed E-state index contributed by atoms with van der Waals surface area (Å²) in [5.41, 5.74) is 1.41. The van der Waals surface area contributed by atoms with Crippen LogP contribution in [0.4, 0.5) is 8.78 Å². The van der Waals surface area contributed by atoms with Gasteiger partial charge in [0, 0.05) is 16.1 Å². The zero-order valence-corrected chi connectivity index (χ0v) is 11.9. The summed E-state index contributed by atoms with van der Waals surface area (Å²) < 4.78 is 27.8. The minimum atomic E-state index is -0.653. The van der Waals surface area contributed by atoms with E-state index < -0.39 is 17.0 Å². The Hall–Kier alpha value is -0.930. The van der Waals surface area contributed by atoms with E-state index in [1.54, 1.807) is 13.0 Å². The minimum Gasteiger partial charge on any atom is -0.207 e. The van der Waals surface area contributed by atoms with Gasteiger partial charge in [0.25, 0.3) is 0 Å². The summed E-state index contributed by atoms with van der Waals surface area (Å²) in [6, 6.07) is 9.63. The maximum atomic E-state index is 13.8. The van der Waals surface area contributed by atoms with Crippen molar-refractivity contribution in [1.82, 2.24) is 0 Å². The first-order valence-electron chi connectivity index (χ1n) is 5.34. The van der Waals surface area contributed by atoms with Crippen molar-refractivity contribution in [3.63, 3.8) is 0 Å². The van der Waals surface area contributed by atoms with Crippen molar-refractivity contribution in [3.05, 3.63) is 69.2 Å². The predicted molar refractivity (Wildman–Crippen MR) is 72.9 cm³/mol. The third-order valence-corrected chi connectivity index (χ3v) is 3.92. The highest BCUT2D eigenvalue weighted by molar-refractivity contribution is 9.10. The minimum absolute atomic E-state index is 0.280. The fourth-order valence-corrected chi connectivity index (χ4v) is 2.72. The lowest BCUT2D eigenvalue weighted by molar-refractivity contribution is 0.568. The van der Waals surface area contributed by atoms with Crippen LogP contribution in [0, 0.1) is 18.6 Å². The molecule has 0 N–H and O–H groups in total. The van der Waals surface area contributed by atoms with E-state index in [1.807, 2.05) is 18.2 Å². The van der Waals surface area contributed by atoms with Gasteiger partial charge in [-0.2, -0.15) is 0 Å². The number of benzene rings is 2. The number of hydrogen-bond acceptors (Lipinski definition) is 0. The fraction of sp³-hybridized carbons (Fsp3) is 0.143. The second-order valence-corrected chi connectivity index (χ2v) is 5.30. The topological polar surface area (TPSA) is 0 Å². The Morgan fingerprint density at radius 2 is 1.72 bits per heavy atom. The average Bonchev–Trinajstić information content (AvgIpc) is 2.33. The molecular formula is C14H10BrClF2. The SMILES string of the molecule is Cc1cc(C(Cl)c2ccccc2Br)c(F)cc1F. The highest BCUT2D eigenvalue weighted by Gasteiger charge is 2.19. The lowest BCUT2D eigenvalue weighted by atomic mass is 10.0. The zero-order valence-electron chi connectivity index (χ0n) is 9.55. The molecule has 1 unspecified atom stereocenters. The van der Waals surface area contributed by atoms with E-state index in [1.165, 1.54) is 6.07 Å². The van der Waals surface area contributed by atoms with E-state index in [0.717, 1.165) is 16.1 Å². The van der Waals surface area contributed by atoms with Gasteiger partial charge in [-0.15, -0.1) is 11.6 Å². The van der Waals surface area contributed by atoms with Gasteiger partial charge in [-0.1, -0.05) is 34.1 Å². The number of alkyl halides is 1. The Morgan fingerprint density at radius 1 is 1.06 bits per heavy atom. The first-order valence-corrected chi connectivity index (χ1v) is 6.57. The summed E-state index contributed by atoms with van der Waals surface area (Å²) in [5.74, 6) is -1.19. The van der Waals surface area contributed by atoms with Crippen LogP contribution < -0.4 is 0 Å². The second-order valence-electron chi connectivity index (χ2n) is 4.01. The molecule has 0 aliphatic rings. The van der Waals surface area contributed by atoms with Crippen molar-refractivity contribution < 1.29 is 8.78 Å². The molecular weight excluding hydrogens is 322 g/mol. The fourth-order valence-electron chi connectivity index (χ4n) is 1.72. The molecule has 2 aromatic carbocycles. The third kappa shape index (κ3) is 2.57. The van der Waals surface area contributed by atoms with Gasteiger partial charge in [0.15, 0.2) is 0 Å². The first-order chi connectivity index (χ1) is 8.50. The Morgan fingerprint density at radius 3 is 2.39 bits per heavy atom. The lowest BCUT2D eigenvalue weighted by Crippen LogP contribution is -2.00. The summed E-state index contributed by atoms with van der Waals surface area (Å²) in [5, 5.41) is -0.653. The summed E-state index contributed by atoms with van der Waals surface area (Å²) in [4.78, 5) is 0. The van der Waals surface area contributed by atoms with E-state index >= 15 is 0 Å². The molecule has 94 valence electrons. The third-order valence-electron chi connectivity index (χ3n) is 2.73. The summed E-state index contributed by atoms with van der Waals surface area (Å²) in [6.07, 6.45) is 0. The number of rotatable bonds is 2. The van der Waals surface area contributed by atoms with E-state index in [9.17, 15) is 8.78 Å². The van der Waals surface area contributed by atoms with Crippen molar-refractivity contribution >= 4 is 27.5 Å². The molecule has 0 spiro atoms. The first kappa shape index (κ1) is 13.5. The van der Waals surface area contributed by atoms with Crippen LogP contribution in [0.1, 0.15) is 22.1 Å².